The number of aromatic nitrogens is 3. The van der Waals surface area contributed by atoms with Crippen LogP contribution in [0.2, 0.25) is 0 Å². The second kappa shape index (κ2) is 4.59. The molecule has 2 rings (SSSR count). The number of anilines is 1. The van der Waals surface area contributed by atoms with Crippen molar-refractivity contribution in [1.82, 2.24) is 14.3 Å². The van der Waals surface area contributed by atoms with Crippen molar-refractivity contribution in [2.75, 3.05) is 18.0 Å². The van der Waals surface area contributed by atoms with E-state index in [4.69, 9.17) is 0 Å². The predicted octanol–water partition coefficient (Wildman–Crippen LogP) is -0.0387. The molecule has 1 aromatic rings. The molecule has 2 heterocycles. The second-order valence-corrected chi connectivity index (χ2v) is 5.44. The van der Waals surface area contributed by atoms with Crippen molar-refractivity contribution in [2.24, 2.45) is 25.9 Å². The minimum absolute atomic E-state index is 0.306. The fourth-order valence-corrected chi connectivity index (χ4v) is 2.72. The van der Waals surface area contributed by atoms with E-state index in [1.54, 1.807) is 7.05 Å². The minimum Gasteiger partial charge on any atom is -0.350 e. The SMILES string of the molecule is C[C@@H]1C[C@@H](C)CN(c2nn(C)c(=O)n(C)c2=O)C1. The van der Waals surface area contributed by atoms with Gasteiger partial charge in [0.05, 0.1) is 0 Å². The third-order valence-electron chi connectivity index (χ3n) is 3.47. The Bertz CT molecular complexity index is 550. The summed E-state index contributed by atoms with van der Waals surface area (Å²) in [5.74, 6) is 1.47. The summed E-state index contributed by atoms with van der Waals surface area (Å²) in [6.07, 6.45) is 1.17. The van der Waals surface area contributed by atoms with Crippen LogP contribution in [-0.2, 0) is 14.1 Å². The monoisotopic (exact) mass is 252 g/mol. The van der Waals surface area contributed by atoms with Crippen molar-refractivity contribution in [2.45, 2.75) is 20.3 Å². The zero-order valence-corrected chi connectivity index (χ0v) is 11.4. The Labute approximate surface area is 106 Å². The number of nitrogens with zero attached hydrogens (tertiary/aromatic N) is 4. The summed E-state index contributed by atoms with van der Waals surface area (Å²) in [5, 5.41) is 4.12. The van der Waals surface area contributed by atoms with Crippen molar-refractivity contribution >= 4 is 5.82 Å². The Kier molecular flexibility index (Phi) is 3.28. The number of aryl methyl sites for hydroxylation is 1. The molecule has 18 heavy (non-hydrogen) atoms. The molecule has 1 aromatic heterocycles. The molecule has 0 amide bonds. The van der Waals surface area contributed by atoms with Gasteiger partial charge in [-0.05, 0) is 18.3 Å². The summed E-state index contributed by atoms with van der Waals surface area (Å²) in [6.45, 7) is 6.00. The van der Waals surface area contributed by atoms with E-state index in [1.807, 2.05) is 4.90 Å². The maximum Gasteiger partial charge on any atom is 0.346 e. The van der Waals surface area contributed by atoms with E-state index in [1.165, 1.54) is 18.2 Å². The molecule has 6 nitrogen and oxygen atoms in total. The standard InChI is InChI=1S/C12H20N4O2/c1-8-5-9(2)7-16(6-8)10-11(17)14(3)12(18)15(4)13-10/h8-9H,5-7H2,1-4H3/t8-,9-/m1/s1. The van der Waals surface area contributed by atoms with Gasteiger partial charge in [0.2, 0.25) is 5.82 Å². The first kappa shape index (κ1) is 12.9. The second-order valence-electron chi connectivity index (χ2n) is 5.44. The van der Waals surface area contributed by atoms with Crippen molar-refractivity contribution in [1.29, 1.82) is 0 Å². The zero-order chi connectivity index (χ0) is 13.4. The predicted molar refractivity (Wildman–Crippen MR) is 69.9 cm³/mol. The molecule has 1 aliphatic heterocycles. The van der Waals surface area contributed by atoms with Crippen LogP contribution in [0.1, 0.15) is 20.3 Å². The van der Waals surface area contributed by atoms with Crippen LogP contribution in [0.3, 0.4) is 0 Å². The van der Waals surface area contributed by atoms with Gasteiger partial charge < -0.3 is 4.90 Å². The quantitative estimate of drug-likeness (QED) is 0.704. The molecule has 0 aromatic carbocycles. The van der Waals surface area contributed by atoms with E-state index >= 15 is 0 Å². The van der Waals surface area contributed by atoms with E-state index in [2.05, 4.69) is 18.9 Å². The van der Waals surface area contributed by atoms with Crippen LogP contribution in [0.5, 0.6) is 0 Å². The molecular formula is C12H20N4O2. The fraction of sp³-hybridized carbons (Fsp3) is 0.750. The van der Waals surface area contributed by atoms with Gasteiger partial charge in [0.1, 0.15) is 0 Å². The molecule has 0 saturated carbocycles. The molecule has 1 fully saturated rings. The van der Waals surface area contributed by atoms with Gasteiger partial charge in [0.15, 0.2) is 0 Å². The number of hydrogen-bond acceptors (Lipinski definition) is 4. The van der Waals surface area contributed by atoms with Gasteiger partial charge in [-0.15, -0.1) is 5.10 Å². The molecule has 0 radical (unpaired) electrons. The van der Waals surface area contributed by atoms with E-state index < -0.39 is 0 Å². The summed E-state index contributed by atoms with van der Waals surface area (Å²) in [4.78, 5) is 25.7. The lowest BCUT2D eigenvalue weighted by atomic mass is 9.92. The summed E-state index contributed by atoms with van der Waals surface area (Å²) in [7, 11) is 3.06. The molecule has 1 saturated heterocycles. The number of hydrogen-bond donors (Lipinski definition) is 0. The van der Waals surface area contributed by atoms with Crippen LogP contribution >= 0.6 is 0 Å². The zero-order valence-electron chi connectivity index (χ0n) is 11.4. The molecule has 0 spiro atoms. The van der Waals surface area contributed by atoms with Crippen molar-refractivity contribution < 1.29 is 0 Å². The summed E-state index contributed by atoms with van der Waals surface area (Å²) in [5.41, 5.74) is -0.693. The molecule has 0 unspecified atom stereocenters. The van der Waals surface area contributed by atoms with Gasteiger partial charge in [0.25, 0.3) is 5.56 Å². The fourth-order valence-electron chi connectivity index (χ4n) is 2.72. The smallest absolute Gasteiger partial charge is 0.346 e. The Morgan fingerprint density at radius 2 is 1.67 bits per heavy atom. The maximum atomic E-state index is 12.1. The van der Waals surface area contributed by atoms with Crippen molar-refractivity contribution in [3.8, 4) is 0 Å². The van der Waals surface area contributed by atoms with Crippen LogP contribution in [-0.4, -0.2) is 27.4 Å². The van der Waals surface area contributed by atoms with Crippen LogP contribution < -0.4 is 16.1 Å². The van der Waals surface area contributed by atoms with Crippen molar-refractivity contribution in [3.63, 3.8) is 0 Å². The van der Waals surface area contributed by atoms with Gasteiger partial charge in [-0.2, -0.15) is 0 Å². The first-order valence-corrected chi connectivity index (χ1v) is 6.29. The van der Waals surface area contributed by atoms with Crippen molar-refractivity contribution in [3.05, 3.63) is 20.8 Å². The molecule has 1 aliphatic rings. The molecule has 0 bridgehead atoms. The first-order chi connectivity index (χ1) is 8.40. The highest BCUT2D eigenvalue weighted by molar-refractivity contribution is 5.35. The lowest BCUT2D eigenvalue weighted by Crippen LogP contribution is -2.47. The lowest BCUT2D eigenvalue weighted by molar-refractivity contribution is 0.352. The highest BCUT2D eigenvalue weighted by Gasteiger charge is 2.25. The molecule has 2 atom stereocenters. The van der Waals surface area contributed by atoms with E-state index in [9.17, 15) is 9.59 Å². The van der Waals surface area contributed by atoms with Crippen LogP contribution in [0.25, 0.3) is 0 Å². The highest BCUT2D eigenvalue weighted by atomic mass is 16.2. The van der Waals surface area contributed by atoms with Gasteiger partial charge in [-0.1, -0.05) is 13.8 Å². The van der Waals surface area contributed by atoms with E-state index in [-0.39, 0.29) is 11.2 Å². The third kappa shape index (κ3) is 2.19. The third-order valence-corrected chi connectivity index (χ3v) is 3.47. The summed E-state index contributed by atoms with van der Waals surface area (Å²) < 4.78 is 2.34. The Morgan fingerprint density at radius 1 is 1.11 bits per heavy atom. The Hall–Kier alpha value is -1.59. The number of rotatable bonds is 1. The summed E-state index contributed by atoms with van der Waals surface area (Å²) in [6, 6.07) is 0. The Morgan fingerprint density at radius 3 is 2.22 bits per heavy atom. The average Bonchev–Trinajstić information content (AvgIpc) is 2.30. The highest BCUT2D eigenvalue weighted by Crippen LogP contribution is 2.22. The topological polar surface area (TPSA) is 60.1 Å². The maximum absolute atomic E-state index is 12.1. The van der Waals surface area contributed by atoms with Gasteiger partial charge in [0, 0.05) is 27.2 Å². The van der Waals surface area contributed by atoms with E-state index in [0.29, 0.717) is 17.7 Å². The molecule has 0 N–H and O–H groups in total. The molecular weight excluding hydrogens is 232 g/mol. The Balaban J connectivity index is 2.45. The van der Waals surface area contributed by atoms with Gasteiger partial charge >= 0.3 is 5.69 Å². The van der Waals surface area contributed by atoms with Gasteiger partial charge in [-0.25, -0.2) is 9.48 Å². The largest absolute Gasteiger partial charge is 0.350 e. The normalized spacial score (nSPS) is 24.3. The molecule has 100 valence electrons. The molecule has 6 heteroatoms. The first-order valence-electron chi connectivity index (χ1n) is 6.29. The summed E-state index contributed by atoms with van der Waals surface area (Å²) >= 11 is 0. The van der Waals surface area contributed by atoms with Crippen LogP contribution in [0.15, 0.2) is 9.59 Å². The lowest BCUT2D eigenvalue weighted by Gasteiger charge is -2.35. The average molecular weight is 252 g/mol. The number of piperidine rings is 1. The molecule has 0 aliphatic carbocycles. The van der Waals surface area contributed by atoms with E-state index in [0.717, 1.165) is 17.7 Å². The van der Waals surface area contributed by atoms with Crippen LogP contribution in [0, 0.1) is 11.8 Å². The minimum atomic E-state index is -0.387. The van der Waals surface area contributed by atoms with Crippen LogP contribution in [0.4, 0.5) is 5.82 Å². The van der Waals surface area contributed by atoms with Gasteiger partial charge in [-0.3, -0.25) is 9.36 Å².